The molecule has 2 heterocycles. The van der Waals surface area contributed by atoms with Crippen molar-refractivity contribution in [3.8, 4) is 5.75 Å². The third-order valence-corrected chi connectivity index (χ3v) is 4.07. The second-order valence-corrected chi connectivity index (χ2v) is 6.20. The average molecular weight is 384 g/mol. The minimum absolute atomic E-state index is 0.0378. The first-order valence-corrected chi connectivity index (χ1v) is 7.82. The van der Waals surface area contributed by atoms with Gasteiger partial charge in [-0.2, -0.15) is 13.2 Å². The van der Waals surface area contributed by atoms with E-state index in [1.165, 1.54) is 13.0 Å². The van der Waals surface area contributed by atoms with E-state index in [1.54, 1.807) is 19.1 Å². The molecule has 0 unspecified atom stereocenters. The van der Waals surface area contributed by atoms with E-state index in [1.807, 2.05) is 0 Å². The van der Waals surface area contributed by atoms with Gasteiger partial charge in [-0.3, -0.25) is 9.20 Å². The van der Waals surface area contributed by atoms with Crippen LogP contribution >= 0.6 is 11.6 Å². The van der Waals surface area contributed by atoms with E-state index in [2.05, 4.69) is 10.3 Å². The Hall–Kier alpha value is -2.74. The third kappa shape index (κ3) is 3.20. The number of phenols is 1. The first-order valence-electron chi connectivity index (χ1n) is 7.44. The van der Waals surface area contributed by atoms with Gasteiger partial charge in [-0.05, 0) is 37.6 Å². The van der Waals surface area contributed by atoms with E-state index >= 15 is 0 Å². The first kappa shape index (κ1) is 18.1. The predicted octanol–water partition coefficient (Wildman–Crippen LogP) is 4.58. The summed E-state index contributed by atoms with van der Waals surface area (Å²) in [4.78, 5) is 16.7. The van der Waals surface area contributed by atoms with Crippen molar-refractivity contribution in [2.24, 2.45) is 0 Å². The summed E-state index contributed by atoms with van der Waals surface area (Å²) >= 11 is 5.91. The van der Waals surface area contributed by atoms with Crippen molar-refractivity contribution in [1.29, 1.82) is 0 Å². The molecule has 136 valence electrons. The van der Waals surface area contributed by atoms with Crippen molar-refractivity contribution in [1.82, 2.24) is 9.38 Å². The minimum atomic E-state index is -4.63. The van der Waals surface area contributed by atoms with E-state index in [9.17, 15) is 23.1 Å². The number of benzene rings is 1. The Kier molecular flexibility index (Phi) is 4.31. The van der Waals surface area contributed by atoms with E-state index in [0.29, 0.717) is 0 Å². The van der Waals surface area contributed by atoms with Crippen LogP contribution in [-0.4, -0.2) is 20.4 Å². The van der Waals surface area contributed by atoms with Gasteiger partial charge in [0.2, 0.25) is 0 Å². The number of carbonyl (C=O) groups is 1. The molecule has 5 nitrogen and oxygen atoms in total. The highest BCUT2D eigenvalue weighted by Gasteiger charge is 2.33. The highest BCUT2D eigenvalue weighted by atomic mass is 35.5. The Morgan fingerprint density at radius 2 is 1.96 bits per heavy atom. The number of aromatic hydroxyl groups is 1. The number of fused-ring (bicyclic) bond motifs is 1. The number of aryl methyl sites for hydroxylation is 2. The van der Waals surface area contributed by atoms with Crippen LogP contribution in [0, 0.1) is 13.8 Å². The van der Waals surface area contributed by atoms with Crippen LogP contribution in [0.2, 0.25) is 5.02 Å². The zero-order chi connectivity index (χ0) is 19.2. The van der Waals surface area contributed by atoms with Crippen molar-refractivity contribution >= 4 is 28.8 Å². The smallest absolute Gasteiger partial charge is 0.417 e. The molecule has 0 atom stereocenters. The maximum absolute atomic E-state index is 13.1. The molecule has 2 aromatic heterocycles. The van der Waals surface area contributed by atoms with Gasteiger partial charge in [-0.15, -0.1) is 0 Å². The molecule has 0 saturated heterocycles. The monoisotopic (exact) mass is 383 g/mol. The number of rotatable bonds is 2. The highest BCUT2D eigenvalue weighted by Crippen LogP contribution is 2.33. The molecule has 2 N–H and O–H groups in total. The van der Waals surface area contributed by atoms with E-state index in [0.717, 1.165) is 22.2 Å². The number of nitrogens with one attached hydrogen (secondary N) is 1. The largest absolute Gasteiger partial charge is 0.506 e. The minimum Gasteiger partial charge on any atom is -0.506 e. The van der Waals surface area contributed by atoms with Crippen LogP contribution in [-0.2, 0) is 6.18 Å². The van der Waals surface area contributed by atoms with Crippen molar-refractivity contribution < 1.29 is 23.1 Å². The normalized spacial score (nSPS) is 11.8. The lowest BCUT2D eigenvalue weighted by atomic mass is 10.2. The number of hydrogen-bond acceptors (Lipinski definition) is 3. The van der Waals surface area contributed by atoms with Crippen LogP contribution in [0.3, 0.4) is 0 Å². The van der Waals surface area contributed by atoms with Gasteiger partial charge in [0.1, 0.15) is 11.4 Å². The number of amides is 1. The SMILES string of the molecule is Cc1ccc(O)c(NC(=O)c2c(C)nc3c(Cl)cc(C(F)(F)F)cn23)c1. The van der Waals surface area contributed by atoms with Crippen molar-refractivity contribution in [2.75, 3.05) is 5.32 Å². The Morgan fingerprint density at radius 3 is 2.62 bits per heavy atom. The fraction of sp³-hybridized carbons (Fsp3) is 0.176. The molecule has 3 rings (SSSR count). The number of anilines is 1. The number of hydrogen-bond donors (Lipinski definition) is 2. The second-order valence-electron chi connectivity index (χ2n) is 5.79. The van der Waals surface area contributed by atoms with Gasteiger partial charge in [0.05, 0.1) is 22.0 Å². The molecule has 9 heteroatoms. The summed E-state index contributed by atoms with van der Waals surface area (Å²) in [6, 6.07) is 5.36. The van der Waals surface area contributed by atoms with Crippen molar-refractivity contribution in [3.05, 3.63) is 58.0 Å². The lowest BCUT2D eigenvalue weighted by molar-refractivity contribution is -0.137. The van der Waals surface area contributed by atoms with Gasteiger partial charge < -0.3 is 10.4 Å². The molecular formula is C17H13ClF3N3O2. The van der Waals surface area contributed by atoms with Crippen molar-refractivity contribution in [2.45, 2.75) is 20.0 Å². The van der Waals surface area contributed by atoms with Crippen LogP contribution in [0.15, 0.2) is 30.5 Å². The van der Waals surface area contributed by atoms with Crippen LogP contribution in [0.4, 0.5) is 18.9 Å². The molecule has 0 radical (unpaired) electrons. The highest BCUT2D eigenvalue weighted by molar-refractivity contribution is 6.33. The fourth-order valence-corrected chi connectivity index (χ4v) is 2.83. The lowest BCUT2D eigenvalue weighted by Crippen LogP contribution is -2.16. The Balaban J connectivity index is 2.12. The van der Waals surface area contributed by atoms with E-state index in [-0.39, 0.29) is 33.5 Å². The predicted molar refractivity (Wildman–Crippen MR) is 90.7 cm³/mol. The van der Waals surface area contributed by atoms with Crippen LogP contribution < -0.4 is 5.32 Å². The van der Waals surface area contributed by atoms with Gasteiger partial charge in [0.25, 0.3) is 5.91 Å². The van der Waals surface area contributed by atoms with E-state index in [4.69, 9.17) is 11.6 Å². The molecule has 0 bridgehead atoms. The Labute approximate surface area is 151 Å². The van der Waals surface area contributed by atoms with Crippen LogP contribution in [0.1, 0.15) is 27.3 Å². The zero-order valence-electron chi connectivity index (χ0n) is 13.6. The summed E-state index contributed by atoms with van der Waals surface area (Å²) in [5.41, 5.74) is 0.0678. The van der Waals surface area contributed by atoms with Gasteiger partial charge in [0, 0.05) is 6.20 Å². The molecule has 0 saturated carbocycles. The van der Waals surface area contributed by atoms with Crippen molar-refractivity contribution in [3.63, 3.8) is 0 Å². The number of halogens is 4. The Morgan fingerprint density at radius 1 is 1.27 bits per heavy atom. The zero-order valence-corrected chi connectivity index (χ0v) is 14.4. The number of alkyl halides is 3. The average Bonchev–Trinajstić information content (AvgIpc) is 2.87. The summed E-state index contributed by atoms with van der Waals surface area (Å²) in [6.07, 6.45) is -3.86. The maximum atomic E-state index is 13.1. The summed E-state index contributed by atoms with van der Waals surface area (Å²) in [7, 11) is 0. The fourth-order valence-electron chi connectivity index (χ4n) is 2.58. The first-order chi connectivity index (χ1) is 12.1. The number of pyridine rings is 1. The standard InChI is InChI=1S/C17H13ClF3N3O2/c1-8-3-4-13(25)12(5-8)23-16(26)14-9(2)22-15-11(18)6-10(7-24(14)15)17(19,20)21/h3-7,25H,1-2H3,(H,23,26). The lowest BCUT2D eigenvalue weighted by Gasteiger charge is -2.11. The van der Waals surface area contributed by atoms with Gasteiger partial charge in [0.15, 0.2) is 5.65 Å². The molecule has 1 amide bonds. The quantitative estimate of drug-likeness (QED) is 0.636. The number of imidazole rings is 1. The molecule has 0 aliphatic rings. The van der Waals surface area contributed by atoms with Gasteiger partial charge in [-0.1, -0.05) is 17.7 Å². The number of carbonyl (C=O) groups excluding carboxylic acids is 1. The molecule has 3 aromatic rings. The number of phenolic OH excluding ortho intramolecular Hbond substituents is 1. The van der Waals surface area contributed by atoms with Gasteiger partial charge >= 0.3 is 6.18 Å². The molecule has 0 aliphatic carbocycles. The molecule has 0 spiro atoms. The molecule has 26 heavy (non-hydrogen) atoms. The summed E-state index contributed by atoms with van der Waals surface area (Å²) in [5, 5.41) is 12.1. The molecule has 0 fully saturated rings. The number of nitrogens with zero attached hydrogens (tertiary/aromatic N) is 2. The number of aromatic nitrogens is 2. The topological polar surface area (TPSA) is 66.6 Å². The Bertz CT molecular complexity index is 1030. The maximum Gasteiger partial charge on any atom is 0.417 e. The summed E-state index contributed by atoms with van der Waals surface area (Å²) < 4.78 is 40.2. The third-order valence-electron chi connectivity index (χ3n) is 3.79. The van der Waals surface area contributed by atoms with E-state index < -0.39 is 17.6 Å². The van der Waals surface area contributed by atoms with Crippen LogP contribution in [0.5, 0.6) is 5.75 Å². The molecule has 1 aromatic carbocycles. The summed E-state index contributed by atoms with van der Waals surface area (Å²) in [5.74, 6) is -0.879. The van der Waals surface area contributed by atoms with Crippen LogP contribution in [0.25, 0.3) is 5.65 Å². The summed E-state index contributed by atoms with van der Waals surface area (Å²) in [6.45, 7) is 3.26. The molecular weight excluding hydrogens is 371 g/mol. The van der Waals surface area contributed by atoms with Gasteiger partial charge in [-0.25, -0.2) is 4.98 Å². The molecule has 0 aliphatic heterocycles. The second kappa shape index (κ2) is 6.21.